The molecule has 13 aromatic rings. The van der Waals surface area contributed by atoms with E-state index in [1.165, 1.54) is 21.7 Å². The van der Waals surface area contributed by atoms with Crippen LogP contribution in [-0.2, 0) is 0 Å². The number of nitrogens with zero attached hydrogens (tertiary/aromatic N) is 4. The van der Waals surface area contributed by atoms with Crippen LogP contribution in [0.5, 0.6) is 0 Å². The first-order valence-electron chi connectivity index (χ1n) is 20.0. The van der Waals surface area contributed by atoms with Crippen LogP contribution in [0.1, 0.15) is 0 Å². The zero-order valence-electron chi connectivity index (χ0n) is 31.7. The van der Waals surface area contributed by atoms with Crippen molar-refractivity contribution in [1.29, 1.82) is 0 Å². The van der Waals surface area contributed by atoms with Crippen LogP contribution in [0, 0.1) is 0 Å². The molecule has 0 amide bonds. The van der Waals surface area contributed by atoms with Crippen LogP contribution in [0.4, 0.5) is 0 Å². The van der Waals surface area contributed by atoms with Crippen molar-refractivity contribution in [2.45, 2.75) is 0 Å². The molecule has 13 rings (SSSR count). The SMILES string of the molecule is c1ccc(-c2cccc(-n3c4ccccc4c4c5ccc6oc7ccccc7c6c5c5c6ccccc6n(-c6nc(-c7ccccc7)c7ccccc7n6)c5c43)c2)cc1. The van der Waals surface area contributed by atoms with Gasteiger partial charge in [0.2, 0.25) is 5.95 Å². The number of furan rings is 1. The summed E-state index contributed by atoms with van der Waals surface area (Å²) in [5.41, 5.74) is 12.3. The Kier molecular flexibility index (Phi) is 6.66. The summed E-state index contributed by atoms with van der Waals surface area (Å²) in [7, 11) is 0. The van der Waals surface area contributed by atoms with Crippen LogP contribution in [0.25, 0.3) is 121 Å². The van der Waals surface area contributed by atoms with Crippen LogP contribution >= 0.6 is 0 Å². The van der Waals surface area contributed by atoms with Gasteiger partial charge in [0.15, 0.2) is 0 Å². The number of fused-ring (bicyclic) bond motifs is 15. The second-order valence-corrected chi connectivity index (χ2v) is 15.3. The van der Waals surface area contributed by atoms with Gasteiger partial charge in [-0.2, -0.15) is 0 Å². The first kappa shape index (κ1) is 32.1. The summed E-state index contributed by atoms with van der Waals surface area (Å²) in [6.07, 6.45) is 0. The van der Waals surface area contributed by atoms with Crippen molar-refractivity contribution in [2.24, 2.45) is 0 Å². The summed E-state index contributed by atoms with van der Waals surface area (Å²) in [6.45, 7) is 0. The molecule has 0 fully saturated rings. The van der Waals surface area contributed by atoms with Crippen molar-refractivity contribution in [1.82, 2.24) is 19.1 Å². The van der Waals surface area contributed by atoms with Crippen molar-refractivity contribution >= 4 is 87.2 Å². The number of rotatable bonds is 4. The van der Waals surface area contributed by atoms with Gasteiger partial charge in [-0.15, -0.1) is 0 Å². The molecule has 0 aliphatic carbocycles. The monoisotopic (exact) mass is 752 g/mol. The van der Waals surface area contributed by atoms with E-state index >= 15 is 0 Å². The van der Waals surface area contributed by atoms with Crippen LogP contribution in [0.15, 0.2) is 199 Å². The Morgan fingerprint density at radius 1 is 0.356 bits per heavy atom. The second-order valence-electron chi connectivity index (χ2n) is 15.3. The van der Waals surface area contributed by atoms with E-state index in [0.717, 1.165) is 93.6 Å². The minimum absolute atomic E-state index is 0.619. The fourth-order valence-electron chi connectivity index (χ4n) is 9.65. The topological polar surface area (TPSA) is 48.8 Å². The molecular formula is C54H32N4O. The van der Waals surface area contributed by atoms with Crippen LogP contribution < -0.4 is 0 Å². The van der Waals surface area contributed by atoms with E-state index in [9.17, 15) is 0 Å². The standard InChI is InChI=1S/C54H32N4O/c1-3-16-33(17-4-1)35-20-15-21-36(32-35)57-43-27-12-8-23-38(43)47-41-30-31-46-48(40-25-10-14-29-45(40)59-46)49(41)50-39-24-9-13-28-44(39)58(53(50)52(47)57)54-55-42-26-11-7-22-37(42)51(56-54)34-18-5-2-6-19-34/h1-32H. The summed E-state index contributed by atoms with van der Waals surface area (Å²) in [4.78, 5) is 11.0. The highest BCUT2D eigenvalue weighted by Gasteiger charge is 2.28. The summed E-state index contributed by atoms with van der Waals surface area (Å²) in [6, 6.07) is 68.7. The third-order valence-electron chi connectivity index (χ3n) is 12.1. The van der Waals surface area contributed by atoms with Gasteiger partial charge in [0.05, 0.1) is 33.3 Å². The van der Waals surface area contributed by atoms with Crippen LogP contribution in [-0.4, -0.2) is 19.1 Å². The van der Waals surface area contributed by atoms with E-state index < -0.39 is 0 Å². The lowest BCUT2D eigenvalue weighted by Gasteiger charge is -2.15. The first-order chi connectivity index (χ1) is 29.3. The average molecular weight is 753 g/mol. The van der Waals surface area contributed by atoms with Crippen molar-refractivity contribution < 1.29 is 4.42 Å². The molecule has 5 heteroatoms. The average Bonchev–Trinajstić information content (AvgIpc) is 3.98. The van der Waals surface area contributed by atoms with Gasteiger partial charge in [0.1, 0.15) is 11.2 Å². The lowest BCUT2D eigenvalue weighted by atomic mass is 9.95. The van der Waals surface area contributed by atoms with Gasteiger partial charge in [0.25, 0.3) is 0 Å². The van der Waals surface area contributed by atoms with E-state index in [0.29, 0.717) is 5.95 Å². The van der Waals surface area contributed by atoms with Crippen LogP contribution in [0.3, 0.4) is 0 Å². The van der Waals surface area contributed by atoms with Gasteiger partial charge in [-0.3, -0.25) is 4.57 Å². The minimum Gasteiger partial charge on any atom is -0.456 e. The predicted molar refractivity (Wildman–Crippen MR) is 244 cm³/mol. The molecule has 0 saturated carbocycles. The van der Waals surface area contributed by atoms with Crippen molar-refractivity contribution in [3.63, 3.8) is 0 Å². The van der Waals surface area contributed by atoms with Gasteiger partial charge in [-0.1, -0.05) is 146 Å². The number of hydrogen-bond acceptors (Lipinski definition) is 3. The molecule has 0 spiro atoms. The molecule has 0 bridgehead atoms. The van der Waals surface area contributed by atoms with Gasteiger partial charge in [0, 0.05) is 54.3 Å². The third-order valence-corrected chi connectivity index (χ3v) is 12.1. The van der Waals surface area contributed by atoms with E-state index in [2.05, 4.69) is 197 Å². The van der Waals surface area contributed by atoms with Gasteiger partial charge < -0.3 is 8.98 Å². The quantitative estimate of drug-likeness (QED) is 0.180. The zero-order valence-corrected chi connectivity index (χ0v) is 31.7. The van der Waals surface area contributed by atoms with E-state index in [4.69, 9.17) is 14.4 Å². The van der Waals surface area contributed by atoms with Crippen molar-refractivity contribution in [3.8, 4) is 34.0 Å². The number of aromatic nitrogens is 4. The highest BCUT2D eigenvalue weighted by atomic mass is 16.3. The molecule has 4 aromatic heterocycles. The van der Waals surface area contributed by atoms with Gasteiger partial charge in [-0.25, -0.2) is 9.97 Å². The molecule has 0 radical (unpaired) electrons. The minimum atomic E-state index is 0.619. The number of benzene rings is 9. The first-order valence-corrected chi connectivity index (χ1v) is 20.0. The molecule has 274 valence electrons. The highest BCUT2D eigenvalue weighted by Crippen LogP contribution is 2.50. The fraction of sp³-hybridized carbons (Fsp3) is 0. The summed E-state index contributed by atoms with van der Waals surface area (Å²) < 4.78 is 11.4. The second kappa shape index (κ2) is 12.2. The Morgan fingerprint density at radius 2 is 0.966 bits per heavy atom. The predicted octanol–water partition coefficient (Wildman–Crippen LogP) is 14.2. The number of para-hydroxylation sites is 4. The van der Waals surface area contributed by atoms with Gasteiger partial charge in [-0.05, 0) is 65.0 Å². The molecule has 9 aromatic carbocycles. The Hall–Kier alpha value is -8.02. The molecule has 4 heterocycles. The zero-order chi connectivity index (χ0) is 38.6. The maximum atomic E-state index is 6.62. The third kappa shape index (κ3) is 4.55. The maximum absolute atomic E-state index is 6.62. The van der Waals surface area contributed by atoms with Gasteiger partial charge >= 0.3 is 0 Å². The Bertz CT molecular complexity index is 3840. The molecular weight excluding hydrogens is 721 g/mol. The molecule has 59 heavy (non-hydrogen) atoms. The highest BCUT2D eigenvalue weighted by molar-refractivity contribution is 6.42. The lowest BCUT2D eigenvalue weighted by molar-refractivity contribution is 0.669. The fourth-order valence-corrected chi connectivity index (χ4v) is 9.65. The largest absolute Gasteiger partial charge is 0.456 e. The lowest BCUT2D eigenvalue weighted by Crippen LogP contribution is -2.05. The summed E-state index contributed by atoms with van der Waals surface area (Å²) in [5, 5.41) is 10.2. The molecule has 0 saturated heterocycles. The molecule has 0 aliphatic heterocycles. The Morgan fingerprint density at radius 3 is 1.76 bits per heavy atom. The van der Waals surface area contributed by atoms with Crippen molar-refractivity contribution in [3.05, 3.63) is 194 Å². The maximum Gasteiger partial charge on any atom is 0.235 e. The van der Waals surface area contributed by atoms with E-state index in [1.54, 1.807) is 0 Å². The molecule has 0 aliphatic rings. The molecule has 5 nitrogen and oxygen atoms in total. The summed E-state index contributed by atoms with van der Waals surface area (Å²) in [5.74, 6) is 0.619. The van der Waals surface area contributed by atoms with E-state index in [1.807, 2.05) is 6.07 Å². The van der Waals surface area contributed by atoms with Crippen molar-refractivity contribution in [2.75, 3.05) is 0 Å². The smallest absolute Gasteiger partial charge is 0.235 e. The van der Waals surface area contributed by atoms with E-state index in [-0.39, 0.29) is 0 Å². The Balaban J connectivity index is 1.30. The normalized spacial score (nSPS) is 12.1. The van der Waals surface area contributed by atoms with Crippen LogP contribution in [0.2, 0.25) is 0 Å². The Labute approximate surface area is 337 Å². The molecule has 0 N–H and O–H groups in total. The molecule has 0 atom stereocenters. The summed E-state index contributed by atoms with van der Waals surface area (Å²) >= 11 is 0. The molecule has 0 unspecified atom stereocenters. The number of hydrogen-bond donors (Lipinski definition) is 0.